The van der Waals surface area contributed by atoms with Gasteiger partial charge >= 0.3 is 0 Å². The maximum Gasteiger partial charge on any atom is 0.108 e. The first-order valence-corrected chi connectivity index (χ1v) is 9.45. The number of hydrogen-bond acceptors (Lipinski definition) is 2. The van der Waals surface area contributed by atoms with Gasteiger partial charge in [0.2, 0.25) is 0 Å². The minimum absolute atomic E-state index is 0.0133. The molecule has 2 bridgehead atoms. The van der Waals surface area contributed by atoms with Gasteiger partial charge in [0.25, 0.3) is 0 Å². The van der Waals surface area contributed by atoms with E-state index in [1.165, 1.54) is 24.0 Å². The van der Waals surface area contributed by atoms with Crippen molar-refractivity contribution in [2.75, 3.05) is 6.00 Å². The second kappa shape index (κ2) is 7.26. The molecule has 2 saturated heterocycles. The van der Waals surface area contributed by atoms with Gasteiger partial charge in [-0.1, -0.05) is 60.7 Å². The maximum absolute atomic E-state index is 6.67. The third kappa shape index (κ3) is 3.23. The van der Waals surface area contributed by atoms with Crippen LogP contribution in [-0.4, -0.2) is 29.1 Å². The standard InChI is InChI=1S/C21H24ClNO/c22-15-23-18-11-12-19(23)14-20(13-18)24-21(16-7-3-1-4-8-16)17-9-5-2-6-10-17/h1-10,18-21H,11-15H2. The minimum atomic E-state index is 0.0133. The molecule has 2 nitrogen and oxygen atoms in total. The van der Waals surface area contributed by atoms with E-state index in [9.17, 15) is 0 Å². The Hall–Kier alpha value is -1.35. The average molecular weight is 342 g/mol. The minimum Gasteiger partial charge on any atom is -0.365 e. The van der Waals surface area contributed by atoms with Crippen molar-refractivity contribution < 1.29 is 4.74 Å². The van der Waals surface area contributed by atoms with Gasteiger partial charge in [-0.25, -0.2) is 0 Å². The number of halogens is 1. The Morgan fingerprint density at radius 1 is 0.875 bits per heavy atom. The van der Waals surface area contributed by atoms with E-state index in [4.69, 9.17) is 16.3 Å². The molecule has 2 unspecified atom stereocenters. The third-order valence-corrected chi connectivity index (χ3v) is 5.79. The molecule has 2 aliphatic rings. The topological polar surface area (TPSA) is 12.5 Å². The SMILES string of the molecule is ClCN1C2CCC1CC(OC(c1ccccc1)c1ccccc1)C2. The van der Waals surface area contributed by atoms with E-state index in [-0.39, 0.29) is 6.10 Å². The second-order valence-electron chi connectivity index (χ2n) is 6.95. The molecule has 3 heteroatoms. The molecule has 2 aromatic carbocycles. The molecular formula is C21H24ClNO. The molecule has 0 N–H and O–H groups in total. The largest absolute Gasteiger partial charge is 0.365 e. The predicted molar refractivity (Wildman–Crippen MR) is 98.2 cm³/mol. The summed E-state index contributed by atoms with van der Waals surface area (Å²) in [6, 6.07) is 23.0. The Labute approximate surface area is 149 Å². The fraction of sp³-hybridized carbons (Fsp3) is 0.429. The number of hydrogen-bond donors (Lipinski definition) is 0. The van der Waals surface area contributed by atoms with Crippen LogP contribution in [0.1, 0.15) is 42.9 Å². The Bertz CT molecular complexity index is 594. The summed E-state index contributed by atoms with van der Waals surface area (Å²) in [4.78, 5) is 2.46. The number of alkyl halides is 1. The molecule has 0 radical (unpaired) electrons. The van der Waals surface area contributed by atoms with Gasteiger partial charge in [0.05, 0.1) is 12.1 Å². The summed E-state index contributed by atoms with van der Waals surface area (Å²) in [7, 11) is 0. The lowest BCUT2D eigenvalue weighted by Gasteiger charge is -2.39. The van der Waals surface area contributed by atoms with Gasteiger partial charge in [-0.15, -0.1) is 11.6 Å². The van der Waals surface area contributed by atoms with E-state index in [1.807, 2.05) is 0 Å². The summed E-state index contributed by atoms with van der Waals surface area (Å²) >= 11 is 6.14. The molecule has 0 amide bonds. The number of piperidine rings is 1. The van der Waals surface area contributed by atoms with Gasteiger partial charge in [0.1, 0.15) is 6.10 Å². The summed E-state index contributed by atoms with van der Waals surface area (Å²) < 4.78 is 6.67. The van der Waals surface area contributed by atoms with Crippen LogP contribution in [-0.2, 0) is 4.74 Å². The van der Waals surface area contributed by atoms with Crippen LogP contribution in [0.25, 0.3) is 0 Å². The van der Waals surface area contributed by atoms with Crippen molar-refractivity contribution in [1.82, 2.24) is 4.90 Å². The van der Waals surface area contributed by atoms with Crippen LogP contribution in [0.15, 0.2) is 60.7 Å². The highest BCUT2D eigenvalue weighted by atomic mass is 35.5. The van der Waals surface area contributed by atoms with Crippen molar-refractivity contribution in [2.24, 2.45) is 0 Å². The summed E-state index contributed by atoms with van der Waals surface area (Å²) in [6.07, 6.45) is 5.04. The number of fused-ring (bicyclic) bond motifs is 2. The van der Waals surface area contributed by atoms with Crippen molar-refractivity contribution in [3.63, 3.8) is 0 Å². The molecule has 2 heterocycles. The van der Waals surface area contributed by atoms with Crippen LogP contribution in [0.3, 0.4) is 0 Å². The first-order chi connectivity index (χ1) is 11.8. The Balaban J connectivity index is 1.55. The Kier molecular flexibility index (Phi) is 4.88. The zero-order valence-electron chi connectivity index (χ0n) is 13.9. The molecule has 2 fully saturated rings. The number of benzene rings is 2. The lowest BCUT2D eigenvalue weighted by molar-refractivity contribution is -0.0443. The van der Waals surface area contributed by atoms with Gasteiger partial charge in [-0.05, 0) is 36.8 Å². The van der Waals surface area contributed by atoms with Crippen LogP contribution < -0.4 is 0 Å². The first kappa shape index (κ1) is 16.1. The zero-order chi connectivity index (χ0) is 16.4. The van der Waals surface area contributed by atoms with E-state index in [0.717, 1.165) is 12.8 Å². The summed E-state index contributed by atoms with van der Waals surface area (Å²) in [6.45, 7) is 0. The first-order valence-electron chi connectivity index (χ1n) is 8.92. The summed E-state index contributed by atoms with van der Waals surface area (Å²) in [5.74, 6) is 0. The van der Waals surface area contributed by atoms with Crippen molar-refractivity contribution in [1.29, 1.82) is 0 Å². The fourth-order valence-corrected chi connectivity index (χ4v) is 4.72. The van der Waals surface area contributed by atoms with E-state index in [1.54, 1.807) is 0 Å². The Morgan fingerprint density at radius 2 is 1.38 bits per heavy atom. The highest BCUT2D eigenvalue weighted by Crippen LogP contribution is 2.39. The molecule has 2 aliphatic heterocycles. The van der Waals surface area contributed by atoms with Crippen LogP contribution in [0.4, 0.5) is 0 Å². The Morgan fingerprint density at radius 3 is 1.83 bits per heavy atom. The van der Waals surface area contributed by atoms with Gasteiger partial charge in [-0.2, -0.15) is 0 Å². The van der Waals surface area contributed by atoms with E-state index < -0.39 is 0 Å². The predicted octanol–water partition coefficient (Wildman–Crippen LogP) is 4.98. The normalized spacial score (nSPS) is 26.8. The lowest BCUT2D eigenvalue weighted by Crippen LogP contribution is -2.45. The molecule has 2 atom stereocenters. The molecule has 0 saturated carbocycles. The molecule has 0 aliphatic carbocycles. The van der Waals surface area contributed by atoms with Crippen LogP contribution in [0.5, 0.6) is 0 Å². The van der Waals surface area contributed by atoms with Gasteiger partial charge < -0.3 is 4.74 Å². The molecule has 126 valence electrons. The maximum atomic E-state index is 6.67. The molecule has 24 heavy (non-hydrogen) atoms. The van der Waals surface area contributed by atoms with Gasteiger partial charge in [0.15, 0.2) is 0 Å². The van der Waals surface area contributed by atoms with Gasteiger partial charge in [-0.3, -0.25) is 4.90 Å². The molecule has 4 rings (SSSR count). The average Bonchev–Trinajstić information content (AvgIpc) is 2.90. The van der Waals surface area contributed by atoms with Crippen molar-refractivity contribution in [3.05, 3.63) is 71.8 Å². The zero-order valence-corrected chi connectivity index (χ0v) is 14.6. The quantitative estimate of drug-likeness (QED) is 0.561. The van der Waals surface area contributed by atoms with Crippen LogP contribution in [0, 0.1) is 0 Å². The smallest absolute Gasteiger partial charge is 0.108 e. The number of ether oxygens (including phenoxy) is 1. The lowest BCUT2D eigenvalue weighted by atomic mass is 9.97. The molecular weight excluding hydrogens is 318 g/mol. The van der Waals surface area contributed by atoms with E-state index in [0.29, 0.717) is 24.2 Å². The summed E-state index contributed by atoms with van der Waals surface area (Å²) in [5.41, 5.74) is 2.46. The summed E-state index contributed by atoms with van der Waals surface area (Å²) in [5, 5.41) is 0. The molecule has 2 aromatic rings. The van der Waals surface area contributed by atoms with Crippen molar-refractivity contribution in [3.8, 4) is 0 Å². The second-order valence-corrected chi connectivity index (χ2v) is 7.19. The number of rotatable bonds is 5. The van der Waals surface area contributed by atoms with E-state index in [2.05, 4.69) is 65.6 Å². The third-order valence-electron chi connectivity index (χ3n) is 5.51. The van der Waals surface area contributed by atoms with E-state index >= 15 is 0 Å². The fourth-order valence-electron chi connectivity index (χ4n) is 4.33. The number of nitrogens with zero attached hydrogens (tertiary/aromatic N) is 1. The molecule has 0 aromatic heterocycles. The highest BCUT2D eigenvalue weighted by Gasteiger charge is 2.41. The van der Waals surface area contributed by atoms with Crippen molar-refractivity contribution in [2.45, 2.75) is 50.0 Å². The molecule has 0 spiro atoms. The van der Waals surface area contributed by atoms with Gasteiger partial charge in [0, 0.05) is 12.1 Å². The monoisotopic (exact) mass is 341 g/mol. The highest BCUT2D eigenvalue weighted by molar-refractivity contribution is 6.17. The van der Waals surface area contributed by atoms with Crippen LogP contribution >= 0.6 is 11.6 Å². The van der Waals surface area contributed by atoms with Crippen LogP contribution in [0.2, 0.25) is 0 Å². The van der Waals surface area contributed by atoms with Crippen molar-refractivity contribution >= 4 is 11.6 Å².